The molecule has 2 aliphatic heterocycles. The SMILES string of the molecule is C1CN(C2CCOC2)C(C2CC2)CN1. The van der Waals surface area contributed by atoms with Crippen LogP contribution in [-0.4, -0.2) is 49.8 Å². The van der Waals surface area contributed by atoms with E-state index in [9.17, 15) is 0 Å². The predicted octanol–water partition coefficient (Wildman–Crippen LogP) is 0.459. The van der Waals surface area contributed by atoms with Crippen LogP contribution in [0.1, 0.15) is 19.3 Å². The van der Waals surface area contributed by atoms with Gasteiger partial charge in [0.1, 0.15) is 0 Å². The first kappa shape index (κ1) is 9.13. The van der Waals surface area contributed by atoms with Gasteiger partial charge in [0, 0.05) is 38.3 Å². The van der Waals surface area contributed by atoms with Gasteiger partial charge in [-0.25, -0.2) is 0 Å². The third-order valence-electron chi connectivity index (χ3n) is 3.87. The van der Waals surface area contributed by atoms with E-state index in [2.05, 4.69) is 10.2 Å². The molecule has 1 N–H and O–H groups in total. The van der Waals surface area contributed by atoms with Crippen LogP contribution in [0.5, 0.6) is 0 Å². The molecule has 0 aromatic carbocycles. The Hall–Kier alpha value is -0.120. The molecule has 0 aromatic heterocycles. The molecule has 0 radical (unpaired) electrons. The molecule has 1 saturated carbocycles. The topological polar surface area (TPSA) is 24.5 Å². The number of hydrogen-bond donors (Lipinski definition) is 1. The average Bonchev–Trinajstić information content (AvgIpc) is 2.94. The highest BCUT2D eigenvalue weighted by atomic mass is 16.5. The fraction of sp³-hybridized carbons (Fsp3) is 1.00. The highest BCUT2D eigenvalue weighted by Crippen LogP contribution is 2.37. The molecule has 2 unspecified atom stereocenters. The zero-order valence-electron chi connectivity index (χ0n) is 8.74. The first-order valence-electron chi connectivity index (χ1n) is 5.99. The van der Waals surface area contributed by atoms with Crippen molar-refractivity contribution in [3.63, 3.8) is 0 Å². The van der Waals surface area contributed by atoms with E-state index in [4.69, 9.17) is 4.74 Å². The number of rotatable bonds is 2. The Bertz CT molecular complexity index is 199. The normalized spacial score (nSPS) is 40.3. The molecule has 3 rings (SSSR count). The third-order valence-corrected chi connectivity index (χ3v) is 3.87. The Labute approximate surface area is 85.8 Å². The molecular formula is C11H20N2O. The molecule has 3 fully saturated rings. The lowest BCUT2D eigenvalue weighted by molar-refractivity contribution is 0.0785. The van der Waals surface area contributed by atoms with E-state index in [0.29, 0.717) is 0 Å². The van der Waals surface area contributed by atoms with E-state index in [1.807, 2.05) is 0 Å². The number of hydrogen-bond acceptors (Lipinski definition) is 3. The van der Waals surface area contributed by atoms with Crippen LogP contribution in [-0.2, 0) is 4.74 Å². The van der Waals surface area contributed by atoms with Gasteiger partial charge in [-0.15, -0.1) is 0 Å². The summed E-state index contributed by atoms with van der Waals surface area (Å²) in [7, 11) is 0. The number of ether oxygens (including phenoxy) is 1. The van der Waals surface area contributed by atoms with Crippen molar-refractivity contribution in [2.75, 3.05) is 32.8 Å². The molecule has 0 bridgehead atoms. The summed E-state index contributed by atoms with van der Waals surface area (Å²) in [6.07, 6.45) is 4.16. The molecule has 0 spiro atoms. The lowest BCUT2D eigenvalue weighted by Crippen LogP contribution is -2.56. The Balaban J connectivity index is 1.66. The molecule has 1 aliphatic carbocycles. The first-order chi connectivity index (χ1) is 6.95. The van der Waals surface area contributed by atoms with Crippen molar-refractivity contribution in [3.05, 3.63) is 0 Å². The standard InChI is InChI=1S/C11H20N2O/c1-2-9(1)11-7-12-4-5-13(11)10-3-6-14-8-10/h9-12H,1-8H2. The van der Waals surface area contributed by atoms with Crippen molar-refractivity contribution in [1.82, 2.24) is 10.2 Å². The van der Waals surface area contributed by atoms with Gasteiger partial charge in [0.25, 0.3) is 0 Å². The molecule has 14 heavy (non-hydrogen) atoms. The van der Waals surface area contributed by atoms with Gasteiger partial charge in [0.2, 0.25) is 0 Å². The molecule has 2 heterocycles. The largest absolute Gasteiger partial charge is 0.380 e. The maximum Gasteiger partial charge on any atom is 0.0622 e. The van der Waals surface area contributed by atoms with E-state index >= 15 is 0 Å². The maximum absolute atomic E-state index is 5.50. The van der Waals surface area contributed by atoms with E-state index < -0.39 is 0 Å². The monoisotopic (exact) mass is 196 g/mol. The summed E-state index contributed by atoms with van der Waals surface area (Å²) < 4.78 is 5.50. The van der Waals surface area contributed by atoms with E-state index in [1.54, 1.807) is 0 Å². The van der Waals surface area contributed by atoms with Gasteiger partial charge in [-0.1, -0.05) is 0 Å². The van der Waals surface area contributed by atoms with E-state index in [1.165, 1.54) is 38.9 Å². The highest BCUT2D eigenvalue weighted by Gasteiger charge is 2.39. The van der Waals surface area contributed by atoms with Crippen molar-refractivity contribution in [2.24, 2.45) is 5.92 Å². The van der Waals surface area contributed by atoms with Crippen molar-refractivity contribution in [3.8, 4) is 0 Å². The van der Waals surface area contributed by atoms with Crippen molar-refractivity contribution in [1.29, 1.82) is 0 Å². The second-order valence-corrected chi connectivity index (χ2v) is 4.86. The minimum Gasteiger partial charge on any atom is -0.380 e. The number of nitrogens with one attached hydrogen (secondary N) is 1. The molecule has 2 atom stereocenters. The minimum atomic E-state index is 0.725. The molecule has 0 aromatic rings. The van der Waals surface area contributed by atoms with Crippen LogP contribution in [0, 0.1) is 5.92 Å². The van der Waals surface area contributed by atoms with Gasteiger partial charge in [0.15, 0.2) is 0 Å². The molecule has 0 amide bonds. The number of piperazine rings is 1. The summed E-state index contributed by atoms with van der Waals surface area (Å²) in [6.45, 7) is 5.56. The molecule has 3 aliphatic rings. The Morgan fingerprint density at radius 3 is 2.86 bits per heavy atom. The first-order valence-corrected chi connectivity index (χ1v) is 5.99. The third kappa shape index (κ3) is 1.69. The summed E-state index contributed by atoms with van der Waals surface area (Å²) in [4.78, 5) is 2.72. The Morgan fingerprint density at radius 2 is 2.14 bits per heavy atom. The van der Waals surface area contributed by atoms with Crippen LogP contribution in [0.3, 0.4) is 0 Å². The highest BCUT2D eigenvalue weighted by molar-refractivity contribution is 4.95. The van der Waals surface area contributed by atoms with Crippen molar-refractivity contribution in [2.45, 2.75) is 31.3 Å². The Kier molecular flexibility index (Phi) is 2.48. The number of nitrogens with zero attached hydrogens (tertiary/aromatic N) is 1. The summed E-state index contributed by atoms with van der Waals surface area (Å²) in [5, 5.41) is 3.53. The van der Waals surface area contributed by atoms with Gasteiger partial charge < -0.3 is 10.1 Å². The molecule has 80 valence electrons. The smallest absolute Gasteiger partial charge is 0.0622 e. The van der Waals surface area contributed by atoms with Gasteiger partial charge in [-0.05, 0) is 25.2 Å². The van der Waals surface area contributed by atoms with Crippen LogP contribution < -0.4 is 5.32 Å². The van der Waals surface area contributed by atoms with E-state index in [0.717, 1.165) is 31.2 Å². The molecule has 3 heteroatoms. The van der Waals surface area contributed by atoms with Crippen LogP contribution in [0.25, 0.3) is 0 Å². The minimum absolute atomic E-state index is 0.725. The van der Waals surface area contributed by atoms with Gasteiger partial charge in [-0.2, -0.15) is 0 Å². The van der Waals surface area contributed by atoms with Crippen LogP contribution in [0.2, 0.25) is 0 Å². The van der Waals surface area contributed by atoms with Crippen molar-refractivity contribution < 1.29 is 4.74 Å². The molecular weight excluding hydrogens is 176 g/mol. The Morgan fingerprint density at radius 1 is 1.21 bits per heavy atom. The fourth-order valence-corrected chi connectivity index (χ4v) is 2.90. The average molecular weight is 196 g/mol. The summed E-state index contributed by atoms with van der Waals surface area (Å²) >= 11 is 0. The quantitative estimate of drug-likeness (QED) is 0.694. The van der Waals surface area contributed by atoms with Crippen LogP contribution in [0.15, 0.2) is 0 Å². The van der Waals surface area contributed by atoms with Crippen LogP contribution in [0.4, 0.5) is 0 Å². The maximum atomic E-state index is 5.50. The summed E-state index contributed by atoms with van der Waals surface area (Å²) in [5.74, 6) is 0.989. The second-order valence-electron chi connectivity index (χ2n) is 4.86. The summed E-state index contributed by atoms with van der Waals surface area (Å²) in [5.41, 5.74) is 0. The second kappa shape index (κ2) is 3.80. The van der Waals surface area contributed by atoms with Gasteiger partial charge in [0.05, 0.1) is 6.61 Å². The zero-order valence-corrected chi connectivity index (χ0v) is 8.74. The lowest BCUT2D eigenvalue weighted by atomic mass is 10.0. The lowest BCUT2D eigenvalue weighted by Gasteiger charge is -2.40. The van der Waals surface area contributed by atoms with Crippen LogP contribution >= 0.6 is 0 Å². The van der Waals surface area contributed by atoms with Crippen molar-refractivity contribution >= 4 is 0 Å². The van der Waals surface area contributed by atoms with Gasteiger partial charge >= 0.3 is 0 Å². The zero-order chi connectivity index (χ0) is 9.38. The molecule has 3 nitrogen and oxygen atoms in total. The van der Waals surface area contributed by atoms with Gasteiger partial charge in [-0.3, -0.25) is 4.90 Å². The summed E-state index contributed by atoms with van der Waals surface area (Å²) in [6, 6.07) is 1.54. The fourth-order valence-electron chi connectivity index (χ4n) is 2.90. The van der Waals surface area contributed by atoms with E-state index in [-0.39, 0.29) is 0 Å². The predicted molar refractivity (Wildman–Crippen MR) is 55.3 cm³/mol. The molecule has 2 saturated heterocycles.